The fourth-order valence-corrected chi connectivity index (χ4v) is 4.70. The molecule has 0 unspecified atom stereocenters. The molecule has 1 aliphatic rings. The van der Waals surface area contributed by atoms with E-state index in [-0.39, 0.29) is 0 Å². The number of fused-ring (bicyclic) bond motifs is 1. The number of amides is 1. The van der Waals surface area contributed by atoms with Crippen LogP contribution in [0, 0.1) is 0 Å². The summed E-state index contributed by atoms with van der Waals surface area (Å²) < 4.78 is 8.38. The fourth-order valence-electron chi connectivity index (χ4n) is 3.27. The molecule has 0 spiro atoms. The van der Waals surface area contributed by atoms with Crippen LogP contribution < -0.4 is 5.73 Å². The summed E-state index contributed by atoms with van der Waals surface area (Å²) in [5.41, 5.74) is 7.73. The Morgan fingerprint density at radius 3 is 2.92 bits per heavy atom. The van der Waals surface area contributed by atoms with Crippen LogP contribution in [0.4, 0.5) is 0 Å². The highest BCUT2D eigenvalue weighted by molar-refractivity contribution is 9.10. The number of carbonyl (C=O) groups is 1. The SMILES string of the molecule is COCCCSN1CCC(c2[nH]nc3c(C(N)=O)cc(Br)cc23)CC1. The lowest BCUT2D eigenvalue weighted by Gasteiger charge is -2.30. The Morgan fingerprint density at radius 2 is 2.24 bits per heavy atom. The Labute approximate surface area is 160 Å². The normalized spacial score (nSPS) is 16.6. The first-order valence-corrected chi connectivity index (χ1v) is 10.2. The molecule has 1 saturated heterocycles. The molecule has 0 saturated carbocycles. The zero-order valence-electron chi connectivity index (χ0n) is 14.3. The van der Waals surface area contributed by atoms with Gasteiger partial charge < -0.3 is 10.5 Å². The molecule has 0 aliphatic carbocycles. The second-order valence-corrected chi connectivity index (χ2v) is 8.33. The van der Waals surface area contributed by atoms with Crippen LogP contribution in [-0.4, -0.2) is 53.0 Å². The number of halogens is 1. The van der Waals surface area contributed by atoms with E-state index in [9.17, 15) is 4.79 Å². The van der Waals surface area contributed by atoms with Gasteiger partial charge in [0.15, 0.2) is 0 Å². The molecule has 1 aliphatic heterocycles. The van der Waals surface area contributed by atoms with E-state index in [1.54, 1.807) is 13.2 Å². The van der Waals surface area contributed by atoms with Crippen LogP contribution in [0.25, 0.3) is 10.9 Å². The number of nitrogens with two attached hydrogens (primary N) is 1. The lowest BCUT2D eigenvalue weighted by molar-refractivity contribution is 0.100. The van der Waals surface area contributed by atoms with E-state index in [4.69, 9.17) is 10.5 Å². The molecule has 25 heavy (non-hydrogen) atoms. The number of ether oxygens (including phenoxy) is 1. The van der Waals surface area contributed by atoms with E-state index in [1.165, 1.54) is 0 Å². The van der Waals surface area contributed by atoms with E-state index < -0.39 is 5.91 Å². The first-order chi connectivity index (χ1) is 12.1. The van der Waals surface area contributed by atoms with Crippen molar-refractivity contribution >= 4 is 44.7 Å². The van der Waals surface area contributed by atoms with Gasteiger partial charge in [-0.3, -0.25) is 14.2 Å². The number of hydrogen-bond acceptors (Lipinski definition) is 5. The summed E-state index contributed by atoms with van der Waals surface area (Å²) in [6.07, 6.45) is 3.23. The summed E-state index contributed by atoms with van der Waals surface area (Å²) in [6, 6.07) is 3.75. The first-order valence-electron chi connectivity index (χ1n) is 8.44. The predicted molar refractivity (Wildman–Crippen MR) is 105 cm³/mol. The van der Waals surface area contributed by atoms with Crippen molar-refractivity contribution in [3.8, 4) is 0 Å². The third-order valence-electron chi connectivity index (χ3n) is 4.55. The van der Waals surface area contributed by atoms with Crippen molar-refractivity contribution in [3.63, 3.8) is 0 Å². The minimum absolute atomic E-state index is 0.427. The third kappa shape index (κ3) is 4.36. The van der Waals surface area contributed by atoms with Gasteiger partial charge in [0.1, 0.15) is 5.52 Å². The van der Waals surface area contributed by atoms with Crippen molar-refractivity contribution in [1.29, 1.82) is 0 Å². The van der Waals surface area contributed by atoms with Gasteiger partial charge in [-0.1, -0.05) is 27.9 Å². The summed E-state index contributed by atoms with van der Waals surface area (Å²) in [5.74, 6) is 1.07. The summed E-state index contributed by atoms with van der Waals surface area (Å²) >= 11 is 5.38. The van der Waals surface area contributed by atoms with Crippen molar-refractivity contribution < 1.29 is 9.53 Å². The van der Waals surface area contributed by atoms with Crippen LogP contribution in [0.3, 0.4) is 0 Å². The molecule has 0 radical (unpaired) electrons. The number of benzene rings is 1. The summed E-state index contributed by atoms with van der Waals surface area (Å²) in [5, 5.41) is 8.52. The Bertz CT molecular complexity index is 744. The van der Waals surface area contributed by atoms with Crippen LogP contribution in [-0.2, 0) is 4.74 Å². The number of nitrogens with one attached hydrogen (secondary N) is 1. The first kappa shape index (κ1) is 18.7. The lowest BCUT2D eigenvalue weighted by atomic mass is 9.92. The molecule has 6 nitrogen and oxygen atoms in total. The van der Waals surface area contributed by atoms with Gasteiger partial charge in [-0.15, -0.1) is 0 Å². The molecule has 1 aromatic heterocycles. The fraction of sp³-hybridized carbons (Fsp3) is 0.529. The quantitative estimate of drug-likeness (QED) is 0.523. The number of piperidine rings is 1. The molecule has 3 N–H and O–H groups in total. The predicted octanol–water partition coefficient (Wildman–Crippen LogP) is 3.29. The number of primary amides is 1. The van der Waals surface area contributed by atoms with Crippen molar-refractivity contribution in [3.05, 3.63) is 27.9 Å². The van der Waals surface area contributed by atoms with Gasteiger partial charge in [0, 0.05) is 54.0 Å². The smallest absolute Gasteiger partial charge is 0.251 e. The molecule has 8 heteroatoms. The van der Waals surface area contributed by atoms with E-state index in [0.29, 0.717) is 17.0 Å². The maximum Gasteiger partial charge on any atom is 0.251 e. The maximum absolute atomic E-state index is 11.7. The summed E-state index contributed by atoms with van der Waals surface area (Å²) in [6.45, 7) is 2.93. The average Bonchev–Trinajstić information content (AvgIpc) is 3.02. The molecular formula is C17H23BrN4O2S. The Morgan fingerprint density at radius 1 is 1.48 bits per heavy atom. The van der Waals surface area contributed by atoms with Crippen LogP contribution in [0.5, 0.6) is 0 Å². The van der Waals surface area contributed by atoms with Crippen LogP contribution in [0.1, 0.15) is 41.2 Å². The highest BCUT2D eigenvalue weighted by Crippen LogP contribution is 2.35. The summed E-state index contributed by atoms with van der Waals surface area (Å²) in [4.78, 5) is 11.7. The lowest BCUT2D eigenvalue weighted by Crippen LogP contribution is -2.28. The standard InChI is InChI=1S/C17H23BrN4O2S/c1-24-7-2-8-25-22-5-3-11(4-6-22)15-13-9-12(18)10-14(17(19)23)16(13)21-20-15/h9-11H,2-8H2,1H3,(H2,19,23)(H,20,21). The Kier molecular flexibility index (Phi) is 6.38. The minimum Gasteiger partial charge on any atom is -0.385 e. The number of nitrogens with zero attached hydrogens (tertiary/aromatic N) is 2. The van der Waals surface area contributed by atoms with Gasteiger partial charge >= 0.3 is 0 Å². The van der Waals surface area contributed by atoms with Crippen LogP contribution >= 0.6 is 27.9 Å². The number of H-pyrrole nitrogens is 1. The molecule has 2 heterocycles. The molecule has 136 valence electrons. The van der Waals surface area contributed by atoms with E-state index in [0.717, 1.165) is 60.3 Å². The number of methoxy groups -OCH3 is 1. The average molecular weight is 427 g/mol. The van der Waals surface area contributed by atoms with Gasteiger partial charge in [-0.25, -0.2) is 0 Å². The van der Waals surface area contributed by atoms with Crippen molar-refractivity contribution in [2.45, 2.75) is 25.2 Å². The van der Waals surface area contributed by atoms with Crippen LogP contribution in [0.15, 0.2) is 16.6 Å². The third-order valence-corrected chi connectivity index (χ3v) is 6.21. The monoisotopic (exact) mass is 426 g/mol. The number of carbonyl (C=O) groups excluding carboxylic acids is 1. The Balaban J connectivity index is 1.69. The van der Waals surface area contributed by atoms with E-state index in [2.05, 4.69) is 30.4 Å². The molecule has 1 fully saturated rings. The van der Waals surface area contributed by atoms with Gasteiger partial charge in [0.05, 0.1) is 5.56 Å². The number of hydrogen-bond donors (Lipinski definition) is 2. The van der Waals surface area contributed by atoms with E-state index in [1.807, 2.05) is 18.0 Å². The van der Waals surface area contributed by atoms with Crippen molar-refractivity contribution in [2.75, 3.05) is 32.6 Å². The largest absolute Gasteiger partial charge is 0.385 e. The topological polar surface area (TPSA) is 84.2 Å². The molecule has 2 aromatic rings. The van der Waals surface area contributed by atoms with Crippen molar-refractivity contribution in [1.82, 2.24) is 14.5 Å². The number of rotatable bonds is 7. The molecule has 1 amide bonds. The number of aromatic amines is 1. The van der Waals surface area contributed by atoms with E-state index >= 15 is 0 Å². The van der Waals surface area contributed by atoms with Gasteiger partial charge in [-0.05, 0) is 31.4 Å². The zero-order valence-corrected chi connectivity index (χ0v) is 16.7. The molecule has 3 rings (SSSR count). The van der Waals surface area contributed by atoms with Gasteiger partial charge in [-0.2, -0.15) is 5.10 Å². The van der Waals surface area contributed by atoms with Crippen LogP contribution in [0.2, 0.25) is 0 Å². The highest BCUT2D eigenvalue weighted by Gasteiger charge is 2.25. The maximum atomic E-state index is 11.7. The second-order valence-electron chi connectivity index (χ2n) is 6.23. The highest BCUT2D eigenvalue weighted by atomic mass is 79.9. The number of aromatic nitrogens is 2. The zero-order chi connectivity index (χ0) is 17.8. The Hall–Kier alpha value is -1.09. The minimum atomic E-state index is -0.452. The van der Waals surface area contributed by atoms with Crippen molar-refractivity contribution in [2.24, 2.45) is 5.73 Å². The summed E-state index contributed by atoms with van der Waals surface area (Å²) in [7, 11) is 1.74. The second kappa shape index (κ2) is 8.53. The molecular weight excluding hydrogens is 404 g/mol. The van der Waals surface area contributed by atoms with Gasteiger partial charge in [0.25, 0.3) is 5.91 Å². The molecule has 0 atom stereocenters. The molecule has 0 bridgehead atoms. The van der Waals surface area contributed by atoms with Gasteiger partial charge in [0.2, 0.25) is 0 Å². The molecule has 1 aromatic carbocycles.